The standard InChI is InChI=1S/C24H34N2O7/c1-14(2)9-18(21(29)24(12-28)13-33-24)25-23(31)19(11-27)26-22(30)16-7-8-17-15(10-16)5-4-6-20(17)32-3/h4-6,14,16,18-19,27-28H,7-13H2,1-3H3,(H,25,31)(H,26,30)/t16?,18?,19?,24-/m1/s1. The minimum absolute atomic E-state index is 0.0928. The number of methoxy groups -OCH3 is 1. The summed E-state index contributed by atoms with van der Waals surface area (Å²) in [5.41, 5.74) is 0.865. The van der Waals surface area contributed by atoms with Crippen molar-refractivity contribution in [2.24, 2.45) is 11.8 Å². The summed E-state index contributed by atoms with van der Waals surface area (Å²) in [5.74, 6) is -0.793. The van der Waals surface area contributed by atoms with Crippen LogP contribution in [0.25, 0.3) is 0 Å². The van der Waals surface area contributed by atoms with Gasteiger partial charge in [0, 0.05) is 5.92 Å². The molecular formula is C24H34N2O7. The van der Waals surface area contributed by atoms with Gasteiger partial charge in [-0.15, -0.1) is 0 Å². The van der Waals surface area contributed by atoms with Crippen molar-refractivity contribution in [2.45, 2.75) is 57.2 Å². The van der Waals surface area contributed by atoms with Crippen molar-refractivity contribution < 1.29 is 34.1 Å². The van der Waals surface area contributed by atoms with Crippen LogP contribution in [-0.4, -0.2) is 72.4 Å². The predicted molar refractivity (Wildman–Crippen MR) is 120 cm³/mol. The molecule has 1 aliphatic carbocycles. The van der Waals surface area contributed by atoms with Gasteiger partial charge in [0.25, 0.3) is 0 Å². The smallest absolute Gasteiger partial charge is 0.245 e. The fourth-order valence-electron chi connectivity index (χ4n) is 4.36. The van der Waals surface area contributed by atoms with Crippen LogP contribution in [0.2, 0.25) is 0 Å². The third-order valence-electron chi connectivity index (χ3n) is 6.38. The minimum Gasteiger partial charge on any atom is -0.496 e. The van der Waals surface area contributed by atoms with E-state index in [1.165, 1.54) is 0 Å². The van der Waals surface area contributed by atoms with Crippen molar-refractivity contribution in [1.29, 1.82) is 0 Å². The van der Waals surface area contributed by atoms with Gasteiger partial charge in [-0.3, -0.25) is 14.4 Å². The average molecular weight is 463 g/mol. The Labute approximate surface area is 193 Å². The number of ether oxygens (including phenoxy) is 2. The van der Waals surface area contributed by atoms with Crippen LogP contribution in [0.4, 0.5) is 0 Å². The summed E-state index contributed by atoms with van der Waals surface area (Å²) in [6.07, 6.45) is 2.15. The van der Waals surface area contributed by atoms with Gasteiger partial charge in [0.1, 0.15) is 11.8 Å². The zero-order chi connectivity index (χ0) is 24.2. The summed E-state index contributed by atoms with van der Waals surface area (Å²) in [6.45, 7) is 2.88. The minimum atomic E-state index is -1.26. The first-order valence-electron chi connectivity index (χ1n) is 11.4. The summed E-state index contributed by atoms with van der Waals surface area (Å²) < 4.78 is 10.6. The van der Waals surface area contributed by atoms with E-state index >= 15 is 0 Å². The summed E-state index contributed by atoms with van der Waals surface area (Å²) in [6, 6.07) is 3.68. The van der Waals surface area contributed by atoms with Crippen molar-refractivity contribution in [1.82, 2.24) is 10.6 Å². The van der Waals surface area contributed by atoms with E-state index in [4.69, 9.17) is 9.47 Å². The Morgan fingerprint density at radius 1 is 1.21 bits per heavy atom. The number of fused-ring (bicyclic) bond motifs is 1. The fraction of sp³-hybridized carbons (Fsp3) is 0.625. The molecule has 1 aromatic carbocycles. The van der Waals surface area contributed by atoms with Crippen LogP contribution in [0.3, 0.4) is 0 Å². The van der Waals surface area contributed by atoms with E-state index in [0.29, 0.717) is 25.7 Å². The van der Waals surface area contributed by atoms with Crippen molar-refractivity contribution in [3.05, 3.63) is 29.3 Å². The molecule has 2 amide bonds. The molecule has 1 saturated heterocycles. The molecule has 33 heavy (non-hydrogen) atoms. The Kier molecular flexibility index (Phi) is 8.10. The largest absolute Gasteiger partial charge is 0.496 e. The zero-order valence-corrected chi connectivity index (χ0v) is 19.4. The highest BCUT2D eigenvalue weighted by atomic mass is 16.6. The molecule has 0 spiro atoms. The van der Waals surface area contributed by atoms with E-state index < -0.39 is 42.6 Å². The highest BCUT2D eigenvalue weighted by molar-refractivity contribution is 5.98. The lowest BCUT2D eigenvalue weighted by Gasteiger charge is -2.28. The number of hydrogen-bond acceptors (Lipinski definition) is 7. The molecule has 3 unspecified atom stereocenters. The van der Waals surface area contributed by atoms with E-state index in [1.807, 2.05) is 32.0 Å². The molecular weight excluding hydrogens is 428 g/mol. The van der Waals surface area contributed by atoms with E-state index in [2.05, 4.69) is 10.6 Å². The van der Waals surface area contributed by atoms with Crippen LogP contribution < -0.4 is 15.4 Å². The second kappa shape index (κ2) is 10.6. The normalized spacial score (nSPS) is 23.3. The quantitative estimate of drug-likeness (QED) is 0.343. The third-order valence-corrected chi connectivity index (χ3v) is 6.38. The molecule has 9 nitrogen and oxygen atoms in total. The molecule has 2 aliphatic rings. The maximum atomic E-state index is 12.9. The topological polar surface area (TPSA) is 137 Å². The van der Waals surface area contributed by atoms with Gasteiger partial charge >= 0.3 is 0 Å². The first-order chi connectivity index (χ1) is 15.7. The van der Waals surface area contributed by atoms with Crippen LogP contribution in [0.15, 0.2) is 18.2 Å². The van der Waals surface area contributed by atoms with E-state index in [9.17, 15) is 24.6 Å². The first-order valence-corrected chi connectivity index (χ1v) is 11.4. The molecule has 9 heteroatoms. The molecule has 1 aliphatic heterocycles. The Hall–Kier alpha value is -2.49. The van der Waals surface area contributed by atoms with Crippen LogP contribution >= 0.6 is 0 Å². The summed E-state index contributed by atoms with van der Waals surface area (Å²) >= 11 is 0. The number of carbonyl (C=O) groups excluding carboxylic acids is 3. The van der Waals surface area contributed by atoms with Gasteiger partial charge < -0.3 is 30.3 Å². The van der Waals surface area contributed by atoms with Crippen LogP contribution in [0.5, 0.6) is 5.75 Å². The monoisotopic (exact) mass is 462 g/mol. The van der Waals surface area contributed by atoms with Gasteiger partial charge in [0.05, 0.1) is 33.0 Å². The van der Waals surface area contributed by atoms with Crippen molar-refractivity contribution >= 4 is 17.6 Å². The van der Waals surface area contributed by atoms with Crippen molar-refractivity contribution in [3.8, 4) is 5.75 Å². The SMILES string of the molecule is COc1cccc2c1CCC(C(=O)NC(CO)C(=O)NC(CC(C)C)C(=O)[C@@]1(CO)CO1)C2. The lowest BCUT2D eigenvalue weighted by molar-refractivity contribution is -0.135. The Morgan fingerprint density at radius 2 is 1.94 bits per heavy atom. The van der Waals surface area contributed by atoms with Crippen LogP contribution in [-0.2, 0) is 32.0 Å². The average Bonchev–Trinajstić information content (AvgIpc) is 3.61. The summed E-state index contributed by atoms with van der Waals surface area (Å²) in [5, 5.41) is 24.6. The summed E-state index contributed by atoms with van der Waals surface area (Å²) in [4.78, 5) is 38.6. The van der Waals surface area contributed by atoms with Crippen LogP contribution in [0.1, 0.15) is 37.8 Å². The lowest BCUT2D eigenvalue weighted by Crippen LogP contribution is -2.56. The van der Waals surface area contributed by atoms with Gasteiger partial charge in [0.2, 0.25) is 11.8 Å². The maximum absolute atomic E-state index is 12.9. The number of nitrogens with one attached hydrogen (secondary N) is 2. The molecule has 4 atom stereocenters. The molecule has 3 rings (SSSR count). The Balaban J connectivity index is 1.63. The molecule has 1 aromatic rings. The Bertz CT molecular complexity index is 882. The fourth-order valence-corrected chi connectivity index (χ4v) is 4.36. The van der Waals surface area contributed by atoms with Crippen LogP contribution in [0, 0.1) is 11.8 Å². The zero-order valence-electron chi connectivity index (χ0n) is 19.4. The molecule has 0 radical (unpaired) electrons. The molecule has 1 fully saturated rings. The van der Waals surface area contributed by atoms with Gasteiger partial charge in [-0.2, -0.15) is 0 Å². The highest BCUT2D eigenvalue weighted by Gasteiger charge is 2.54. The van der Waals surface area contributed by atoms with E-state index in [-0.39, 0.29) is 24.3 Å². The molecule has 4 N–H and O–H groups in total. The molecule has 1 heterocycles. The van der Waals surface area contributed by atoms with Gasteiger partial charge in [0.15, 0.2) is 11.4 Å². The van der Waals surface area contributed by atoms with Crippen molar-refractivity contribution in [3.63, 3.8) is 0 Å². The number of carbonyl (C=O) groups is 3. The predicted octanol–water partition coefficient (Wildman–Crippen LogP) is 0.139. The molecule has 0 saturated carbocycles. The number of aliphatic hydroxyl groups excluding tert-OH is 2. The second-order valence-corrected chi connectivity index (χ2v) is 9.28. The number of rotatable bonds is 11. The number of amides is 2. The van der Waals surface area contributed by atoms with Gasteiger partial charge in [-0.1, -0.05) is 26.0 Å². The van der Waals surface area contributed by atoms with Gasteiger partial charge in [-0.05, 0) is 48.8 Å². The highest BCUT2D eigenvalue weighted by Crippen LogP contribution is 2.32. The molecule has 182 valence electrons. The summed E-state index contributed by atoms with van der Waals surface area (Å²) in [7, 11) is 1.62. The van der Waals surface area contributed by atoms with Crippen molar-refractivity contribution in [2.75, 3.05) is 26.9 Å². The first kappa shape index (κ1) is 25.1. The number of hydrogen-bond donors (Lipinski definition) is 4. The number of epoxide rings is 1. The number of benzene rings is 1. The third kappa shape index (κ3) is 5.72. The van der Waals surface area contributed by atoms with E-state index in [0.717, 1.165) is 16.9 Å². The second-order valence-electron chi connectivity index (χ2n) is 9.28. The molecule has 0 bridgehead atoms. The van der Waals surface area contributed by atoms with Gasteiger partial charge in [-0.25, -0.2) is 0 Å². The number of ketones is 1. The number of aliphatic hydroxyl groups is 2. The maximum Gasteiger partial charge on any atom is 0.245 e. The van der Waals surface area contributed by atoms with E-state index in [1.54, 1.807) is 7.11 Å². The number of Topliss-reactive ketones (excluding diaryl/α,β-unsaturated/α-hetero) is 1. The molecule has 0 aromatic heterocycles. The Morgan fingerprint density at radius 3 is 2.52 bits per heavy atom. The lowest BCUT2D eigenvalue weighted by atomic mass is 9.83.